The lowest BCUT2D eigenvalue weighted by Gasteiger charge is -2.04. The summed E-state index contributed by atoms with van der Waals surface area (Å²) in [5.74, 6) is -0.414. The molecule has 0 N–H and O–H groups in total. The van der Waals surface area contributed by atoms with Crippen molar-refractivity contribution in [1.29, 1.82) is 0 Å². The van der Waals surface area contributed by atoms with Crippen LogP contribution in [0.25, 0.3) is 0 Å². The molecule has 0 fully saturated rings. The Morgan fingerprint density at radius 3 is 2.94 bits per heavy atom. The maximum absolute atomic E-state index is 11.2. The predicted molar refractivity (Wildman–Crippen MR) is 60.4 cm³/mol. The van der Waals surface area contributed by atoms with E-state index in [1.807, 2.05) is 30.3 Å². The molecular formula is C12H13NO4. The molecule has 0 aliphatic carbocycles. The highest BCUT2D eigenvalue weighted by atomic mass is 16.7. The average molecular weight is 235 g/mol. The number of hydrogen-bond acceptors (Lipinski definition) is 5. The lowest BCUT2D eigenvalue weighted by atomic mass is 10.2. The molecule has 0 bridgehead atoms. The molecule has 0 radical (unpaired) electrons. The summed E-state index contributed by atoms with van der Waals surface area (Å²) in [7, 11) is 1.32. The Hall–Kier alpha value is -2.04. The fraction of sp³-hybridized carbons (Fsp3) is 0.333. The summed E-state index contributed by atoms with van der Waals surface area (Å²) in [5.41, 5.74) is 1.01. The van der Waals surface area contributed by atoms with Gasteiger partial charge in [0.05, 0.1) is 7.11 Å². The van der Waals surface area contributed by atoms with Crippen LogP contribution in [0.3, 0.4) is 0 Å². The fourth-order valence-corrected chi connectivity index (χ4v) is 1.41. The predicted octanol–water partition coefficient (Wildman–Crippen LogP) is 1.13. The fourth-order valence-electron chi connectivity index (χ4n) is 1.41. The van der Waals surface area contributed by atoms with E-state index < -0.39 is 12.0 Å². The second-order valence-corrected chi connectivity index (χ2v) is 3.52. The van der Waals surface area contributed by atoms with Crippen LogP contribution in [-0.2, 0) is 25.6 Å². The lowest BCUT2D eigenvalue weighted by molar-refractivity contribution is -0.142. The second-order valence-electron chi connectivity index (χ2n) is 3.52. The number of ether oxygens (including phenoxy) is 3. The first-order valence-electron chi connectivity index (χ1n) is 5.25. The van der Waals surface area contributed by atoms with Gasteiger partial charge in [0.15, 0.2) is 6.04 Å². The molecule has 5 heteroatoms. The van der Waals surface area contributed by atoms with Gasteiger partial charge in [0.2, 0.25) is 0 Å². The number of nitrogens with zero attached hydrogens (tertiary/aromatic N) is 1. The number of rotatable bonds is 3. The molecule has 1 aromatic carbocycles. The summed E-state index contributed by atoms with van der Waals surface area (Å²) in [6, 6.07) is 9.05. The van der Waals surface area contributed by atoms with Crippen LogP contribution in [0.5, 0.6) is 0 Å². The molecule has 90 valence electrons. The molecule has 0 saturated carbocycles. The third kappa shape index (κ3) is 2.96. The molecular weight excluding hydrogens is 222 g/mol. The third-order valence-electron chi connectivity index (χ3n) is 2.30. The minimum atomic E-state index is -0.606. The number of methoxy groups -OCH3 is 1. The maximum Gasteiger partial charge on any atom is 0.384 e. The summed E-state index contributed by atoms with van der Waals surface area (Å²) < 4.78 is 15.0. The molecule has 0 saturated heterocycles. The largest absolute Gasteiger partial charge is 0.467 e. The van der Waals surface area contributed by atoms with Crippen molar-refractivity contribution >= 4 is 12.1 Å². The van der Waals surface area contributed by atoms with Crippen molar-refractivity contribution in [3.8, 4) is 0 Å². The molecule has 1 aromatic rings. The van der Waals surface area contributed by atoms with Gasteiger partial charge in [-0.15, -0.1) is 0 Å². The Morgan fingerprint density at radius 1 is 1.47 bits per heavy atom. The Labute approximate surface area is 99.0 Å². The van der Waals surface area contributed by atoms with Gasteiger partial charge in [-0.3, -0.25) is 0 Å². The lowest BCUT2D eigenvalue weighted by Crippen LogP contribution is -2.21. The number of benzene rings is 1. The summed E-state index contributed by atoms with van der Waals surface area (Å²) in [4.78, 5) is 15.1. The van der Waals surface area contributed by atoms with Crippen LogP contribution in [0.4, 0.5) is 0 Å². The van der Waals surface area contributed by atoms with E-state index in [2.05, 4.69) is 9.73 Å². The Kier molecular flexibility index (Phi) is 3.59. The van der Waals surface area contributed by atoms with E-state index in [1.165, 1.54) is 7.11 Å². The van der Waals surface area contributed by atoms with Crippen molar-refractivity contribution in [3.63, 3.8) is 0 Å². The van der Waals surface area contributed by atoms with Crippen molar-refractivity contribution in [1.82, 2.24) is 0 Å². The summed E-state index contributed by atoms with van der Waals surface area (Å²) in [6.45, 7) is 0.546. The van der Waals surface area contributed by atoms with E-state index in [0.717, 1.165) is 5.56 Å². The van der Waals surface area contributed by atoms with Gasteiger partial charge in [-0.25, -0.2) is 4.79 Å². The number of carbonyl (C=O) groups excluding carboxylic acids is 1. The van der Waals surface area contributed by atoms with Crippen LogP contribution in [0.2, 0.25) is 0 Å². The molecule has 2 rings (SSSR count). The summed E-state index contributed by atoms with van der Waals surface area (Å²) >= 11 is 0. The number of hydrogen-bond donors (Lipinski definition) is 0. The average Bonchev–Trinajstić information content (AvgIpc) is 2.85. The van der Waals surface area contributed by atoms with Crippen LogP contribution in [0.15, 0.2) is 35.3 Å². The highest BCUT2D eigenvalue weighted by Crippen LogP contribution is 2.09. The zero-order chi connectivity index (χ0) is 12.1. The zero-order valence-electron chi connectivity index (χ0n) is 9.46. The number of esters is 1. The van der Waals surface area contributed by atoms with Gasteiger partial charge in [-0.05, 0) is 5.56 Å². The van der Waals surface area contributed by atoms with Gasteiger partial charge in [0, 0.05) is 0 Å². The van der Waals surface area contributed by atoms with E-state index in [0.29, 0.717) is 6.61 Å². The molecule has 0 spiro atoms. The second kappa shape index (κ2) is 5.34. The highest BCUT2D eigenvalue weighted by Gasteiger charge is 2.27. The summed E-state index contributed by atoms with van der Waals surface area (Å²) in [5, 5.41) is 0. The molecule has 0 amide bonds. The van der Waals surface area contributed by atoms with Crippen LogP contribution >= 0.6 is 0 Å². The van der Waals surface area contributed by atoms with Crippen LogP contribution in [-0.4, -0.2) is 31.8 Å². The SMILES string of the molecule is COC(=O)C1COC(OCc2ccccc2)=N1. The van der Waals surface area contributed by atoms with Crippen molar-refractivity contribution < 1.29 is 19.0 Å². The molecule has 1 aliphatic heterocycles. The Balaban J connectivity index is 1.87. The number of aliphatic imine (C=N–C) groups is 1. The molecule has 5 nitrogen and oxygen atoms in total. The van der Waals surface area contributed by atoms with Gasteiger partial charge in [0.25, 0.3) is 0 Å². The zero-order valence-corrected chi connectivity index (χ0v) is 9.46. The molecule has 1 heterocycles. The van der Waals surface area contributed by atoms with Crippen LogP contribution < -0.4 is 0 Å². The minimum absolute atomic E-state index is 0.143. The van der Waals surface area contributed by atoms with Gasteiger partial charge in [0.1, 0.15) is 13.2 Å². The van der Waals surface area contributed by atoms with Gasteiger partial charge >= 0.3 is 12.1 Å². The molecule has 0 aromatic heterocycles. The topological polar surface area (TPSA) is 57.1 Å². The van der Waals surface area contributed by atoms with Crippen molar-refractivity contribution in [3.05, 3.63) is 35.9 Å². The van der Waals surface area contributed by atoms with Gasteiger partial charge in [-0.1, -0.05) is 30.3 Å². The third-order valence-corrected chi connectivity index (χ3v) is 2.30. The van der Waals surface area contributed by atoms with E-state index >= 15 is 0 Å². The quantitative estimate of drug-likeness (QED) is 0.737. The highest BCUT2D eigenvalue weighted by molar-refractivity contribution is 5.82. The van der Waals surface area contributed by atoms with E-state index in [1.54, 1.807) is 0 Å². The van der Waals surface area contributed by atoms with E-state index in [9.17, 15) is 4.79 Å². The first-order valence-corrected chi connectivity index (χ1v) is 5.25. The molecule has 1 atom stereocenters. The van der Waals surface area contributed by atoms with Crippen LogP contribution in [0, 0.1) is 0 Å². The molecule has 1 unspecified atom stereocenters. The summed E-state index contributed by atoms with van der Waals surface area (Å²) in [6.07, 6.45) is 0.143. The van der Waals surface area contributed by atoms with Crippen LogP contribution in [0.1, 0.15) is 5.56 Å². The molecule has 17 heavy (non-hydrogen) atoms. The van der Waals surface area contributed by atoms with Gasteiger partial charge < -0.3 is 14.2 Å². The maximum atomic E-state index is 11.2. The van der Waals surface area contributed by atoms with Crippen molar-refractivity contribution in [2.24, 2.45) is 4.99 Å². The number of carbonyl (C=O) groups is 1. The Bertz CT molecular complexity index is 416. The molecule has 1 aliphatic rings. The van der Waals surface area contributed by atoms with E-state index in [-0.39, 0.29) is 12.7 Å². The normalized spacial score (nSPS) is 18.2. The van der Waals surface area contributed by atoms with Crippen molar-refractivity contribution in [2.75, 3.05) is 13.7 Å². The Morgan fingerprint density at radius 2 is 2.24 bits per heavy atom. The van der Waals surface area contributed by atoms with Gasteiger partial charge in [-0.2, -0.15) is 4.99 Å². The van der Waals surface area contributed by atoms with Crippen molar-refractivity contribution in [2.45, 2.75) is 12.6 Å². The standard InChI is InChI=1S/C12H13NO4/c1-15-11(14)10-8-17-12(13-10)16-7-9-5-3-2-4-6-9/h2-6,10H,7-8H2,1H3. The monoisotopic (exact) mass is 235 g/mol. The smallest absolute Gasteiger partial charge is 0.384 e. The minimum Gasteiger partial charge on any atom is -0.467 e. The van der Waals surface area contributed by atoms with E-state index in [4.69, 9.17) is 9.47 Å². The first kappa shape index (κ1) is 11.4. The first-order chi connectivity index (χ1) is 8.29.